The molecule has 0 aliphatic carbocycles. The lowest BCUT2D eigenvalue weighted by molar-refractivity contribution is 0.0933. The van der Waals surface area contributed by atoms with Crippen molar-refractivity contribution in [2.75, 3.05) is 51.3 Å². The maximum Gasteiger partial charge on any atom is 0.263 e. The molecule has 0 atom stereocenters. The third-order valence-electron chi connectivity index (χ3n) is 5.03. The Bertz CT molecular complexity index is 1000. The molecule has 1 N–H and O–H groups in total. The zero-order chi connectivity index (χ0) is 22.4. The van der Waals surface area contributed by atoms with Crippen LogP contribution in [0.3, 0.4) is 0 Å². The van der Waals surface area contributed by atoms with Gasteiger partial charge in [-0.1, -0.05) is 30.7 Å². The molecule has 0 unspecified atom stereocenters. The van der Waals surface area contributed by atoms with Crippen molar-refractivity contribution in [3.63, 3.8) is 0 Å². The molecule has 3 rings (SSSR count). The van der Waals surface area contributed by atoms with Crippen molar-refractivity contribution >= 4 is 33.2 Å². The lowest BCUT2D eigenvalue weighted by Crippen LogP contribution is -2.49. The average molecular weight is 470 g/mol. The Kier molecular flexibility index (Phi) is 7.93. The first-order valence-corrected chi connectivity index (χ1v) is 12.0. The molecule has 2 heterocycles. The number of para-hydroxylation sites is 1. The van der Waals surface area contributed by atoms with Gasteiger partial charge in [0.05, 0.1) is 22.9 Å². The van der Waals surface area contributed by atoms with Crippen LogP contribution in [0.25, 0.3) is 0 Å². The number of piperazine rings is 1. The predicted molar refractivity (Wildman–Crippen MR) is 119 cm³/mol. The summed E-state index contributed by atoms with van der Waals surface area (Å²) in [5.74, 6) is -0.479. The number of ether oxygens (including phenoxy) is 1. The van der Waals surface area contributed by atoms with Crippen LogP contribution in [0.4, 0.5) is 5.69 Å². The third-order valence-corrected chi connectivity index (χ3v) is 7.19. The number of aryl methyl sites for hydroxylation is 1. The molecule has 31 heavy (non-hydrogen) atoms. The Morgan fingerprint density at radius 3 is 2.58 bits per heavy atom. The fourth-order valence-corrected chi connectivity index (χ4v) is 5.23. The van der Waals surface area contributed by atoms with Crippen LogP contribution in [0.5, 0.6) is 0 Å². The van der Waals surface area contributed by atoms with E-state index >= 15 is 0 Å². The molecule has 1 aromatic carbocycles. The minimum absolute atomic E-state index is 0.0538. The number of rotatable bonds is 9. The van der Waals surface area contributed by atoms with Gasteiger partial charge < -0.3 is 15.0 Å². The fraction of sp³-hybridized carbons (Fsp3) is 0.500. The molecule has 1 aliphatic rings. The molecule has 9 nitrogen and oxygen atoms in total. The average Bonchev–Trinajstić information content (AvgIpc) is 3.20. The highest BCUT2D eigenvalue weighted by atomic mass is 35.5. The molecule has 2 aromatic rings. The predicted octanol–water partition coefficient (Wildman–Crippen LogP) is 1.83. The summed E-state index contributed by atoms with van der Waals surface area (Å²) in [6, 6.07) is 7.49. The van der Waals surface area contributed by atoms with Crippen molar-refractivity contribution in [3.8, 4) is 0 Å². The highest BCUT2D eigenvalue weighted by Gasteiger charge is 2.35. The number of anilines is 1. The van der Waals surface area contributed by atoms with Crippen LogP contribution >= 0.6 is 11.6 Å². The van der Waals surface area contributed by atoms with Crippen molar-refractivity contribution in [2.24, 2.45) is 0 Å². The molecule has 1 fully saturated rings. The molecule has 0 bridgehead atoms. The van der Waals surface area contributed by atoms with E-state index in [4.69, 9.17) is 16.3 Å². The number of carbonyl (C=O) groups excluding carboxylic acids is 1. The summed E-state index contributed by atoms with van der Waals surface area (Å²) in [5.41, 5.74) is 0.935. The van der Waals surface area contributed by atoms with Gasteiger partial charge in [0.1, 0.15) is 0 Å². The summed E-state index contributed by atoms with van der Waals surface area (Å²) >= 11 is 6.28. The highest BCUT2D eigenvalue weighted by Crippen LogP contribution is 2.27. The number of nitrogens with one attached hydrogen (secondary N) is 1. The maximum absolute atomic E-state index is 13.4. The van der Waals surface area contributed by atoms with Crippen LogP contribution < -0.4 is 10.2 Å². The highest BCUT2D eigenvalue weighted by molar-refractivity contribution is 7.89. The Hall–Kier alpha value is -2.14. The SMILES string of the molecule is CCCn1cc(C(=O)NCCOC)c(S(=O)(=O)N2CCN(c3ccccc3Cl)CC2)n1. The lowest BCUT2D eigenvalue weighted by atomic mass is 10.2. The first-order valence-electron chi connectivity index (χ1n) is 10.2. The van der Waals surface area contributed by atoms with Gasteiger partial charge in [0.2, 0.25) is 5.03 Å². The van der Waals surface area contributed by atoms with Crippen molar-refractivity contribution in [1.29, 1.82) is 0 Å². The Labute approximate surface area is 188 Å². The number of hydrogen-bond acceptors (Lipinski definition) is 6. The molecule has 1 amide bonds. The topological polar surface area (TPSA) is 96.8 Å². The van der Waals surface area contributed by atoms with E-state index in [1.807, 2.05) is 31.2 Å². The van der Waals surface area contributed by atoms with E-state index in [2.05, 4.69) is 15.3 Å². The molecule has 0 saturated carbocycles. The van der Waals surface area contributed by atoms with E-state index in [0.29, 0.717) is 31.3 Å². The van der Waals surface area contributed by atoms with Gasteiger partial charge in [-0.2, -0.15) is 9.40 Å². The summed E-state index contributed by atoms with van der Waals surface area (Å²) in [4.78, 5) is 14.7. The van der Waals surface area contributed by atoms with Gasteiger partial charge in [-0.3, -0.25) is 9.48 Å². The summed E-state index contributed by atoms with van der Waals surface area (Å²) in [6.45, 7) is 4.64. The van der Waals surface area contributed by atoms with Gasteiger partial charge in [0.15, 0.2) is 0 Å². The van der Waals surface area contributed by atoms with Crippen LogP contribution in [0.2, 0.25) is 5.02 Å². The number of benzene rings is 1. The molecular formula is C20H28ClN5O4S. The smallest absolute Gasteiger partial charge is 0.263 e. The summed E-state index contributed by atoms with van der Waals surface area (Å²) < 4.78 is 34.6. The fourth-order valence-electron chi connectivity index (χ4n) is 3.46. The Morgan fingerprint density at radius 2 is 1.94 bits per heavy atom. The van der Waals surface area contributed by atoms with Crippen LogP contribution in [-0.4, -0.2) is 74.9 Å². The van der Waals surface area contributed by atoms with Gasteiger partial charge in [-0.05, 0) is 18.6 Å². The molecule has 170 valence electrons. The minimum Gasteiger partial charge on any atom is -0.383 e. The van der Waals surface area contributed by atoms with Gasteiger partial charge in [-0.25, -0.2) is 8.42 Å². The van der Waals surface area contributed by atoms with E-state index in [1.165, 1.54) is 22.3 Å². The summed E-state index contributed by atoms with van der Waals surface area (Å²) in [5, 5.41) is 7.36. The van der Waals surface area contributed by atoms with Crippen molar-refractivity contribution < 1.29 is 17.9 Å². The quantitative estimate of drug-likeness (QED) is 0.563. The Morgan fingerprint density at radius 1 is 1.23 bits per heavy atom. The third kappa shape index (κ3) is 5.38. The molecule has 0 spiro atoms. The standard InChI is InChI=1S/C20H28ClN5O4S/c1-3-9-25-15-16(19(27)22-8-14-30-2)20(23-25)31(28,29)26-12-10-24(11-13-26)18-7-5-4-6-17(18)21/h4-7,15H,3,8-14H2,1-2H3,(H,22,27). The van der Waals surface area contributed by atoms with E-state index in [-0.39, 0.29) is 30.2 Å². The summed E-state index contributed by atoms with van der Waals surface area (Å²) in [7, 11) is -2.40. The zero-order valence-corrected chi connectivity index (χ0v) is 19.3. The monoisotopic (exact) mass is 469 g/mol. The van der Waals surface area contributed by atoms with Crippen LogP contribution in [0, 0.1) is 0 Å². The number of halogens is 1. The van der Waals surface area contributed by atoms with Gasteiger partial charge in [-0.15, -0.1) is 0 Å². The van der Waals surface area contributed by atoms with Crippen molar-refractivity contribution in [1.82, 2.24) is 19.4 Å². The molecule has 1 aromatic heterocycles. The molecule has 1 aliphatic heterocycles. The van der Waals surface area contributed by atoms with Crippen molar-refractivity contribution in [3.05, 3.63) is 41.0 Å². The second kappa shape index (κ2) is 10.4. The van der Waals surface area contributed by atoms with Crippen LogP contribution in [-0.2, 0) is 21.3 Å². The molecule has 11 heteroatoms. The zero-order valence-electron chi connectivity index (χ0n) is 17.8. The number of methoxy groups -OCH3 is 1. The first kappa shape index (κ1) is 23.5. The lowest BCUT2D eigenvalue weighted by Gasteiger charge is -2.35. The largest absolute Gasteiger partial charge is 0.383 e. The van der Waals surface area contributed by atoms with E-state index < -0.39 is 15.9 Å². The molecule has 0 radical (unpaired) electrons. The van der Waals surface area contributed by atoms with Gasteiger partial charge >= 0.3 is 0 Å². The number of nitrogens with zero attached hydrogens (tertiary/aromatic N) is 4. The molecule has 1 saturated heterocycles. The first-order chi connectivity index (χ1) is 14.9. The van der Waals surface area contributed by atoms with Gasteiger partial charge in [0, 0.05) is 52.6 Å². The van der Waals surface area contributed by atoms with E-state index in [0.717, 1.165) is 12.1 Å². The maximum atomic E-state index is 13.4. The second-order valence-electron chi connectivity index (χ2n) is 7.20. The summed E-state index contributed by atoms with van der Waals surface area (Å²) in [6.07, 6.45) is 2.26. The number of amides is 1. The number of hydrogen-bond donors (Lipinski definition) is 1. The van der Waals surface area contributed by atoms with Crippen LogP contribution in [0.15, 0.2) is 35.5 Å². The molecular weight excluding hydrogens is 442 g/mol. The number of carbonyl (C=O) groups is 1. The Balaban J connectivity index is 1.79. The minimum atomic E-state index is -3.93. The normalized spacial score (nSPS) is 15.3. The second-order valence-corrected chi connectivity index (χ2v) is 9.46. The van der Waals surface area contributed by atoms with E-state index in [9.17, 15) is 13.2 Å². The number of sulfonamides is 1. The van der Waals surface area contributed by atoms with E-state index in [1.54, 1.807) is 0 Å². The van der Waals surface area contributed by atoms with Crippen molar-refractivity contribution in [2.45, 2.75) is 24.9 Å². The van der Waals surface area contributed by atoms with Crippen LogP contribution in [0.1, 0.15) is 23.7 Å². The van der Waals surface area contributed by atoms with Gasteiger partial charge in [0.25, 0.3) is 15.9 Å². The number of aromatic nitrogens is 2.